The highest BCUT2D eigenvalue weighted by Gasteiger charge is 2.24. The molecular weight excluding hydrogens is 253 g/mol. The Balaban J connectivity index is 2.49. The zero-order chi connectivity index (χ0) is 12.0. The van der Waals surface area contributed by atoms with Crippen molar-refractivity contribution >= 4 is 29.1 Å². The van der Waals surface area contributed by atoms with E-state index in [1.807, 2.05) is 0 Å². The zero-order valence-corrected chi connectivity index (χ0v) is 10.2. The summed E-state index contributed by atoms with van der Waals surface area (Å²) in [5.41, 5.74) is 0. The molecule has 1 aliphatic rings. The lowest BCUT2D eigenvalue weighted by molar-refractivity contribution is -0.188. The van der Waals surface area contributed by atoms with Gasteiger partial charge in [-0.15, -0.1) is 6.42 Å². The summed E-state index contributed by atoms with van der Waals surface area (Å²) < 4.78 is 10.6. The summed E-state index contributed by atoms with van der Waals surface area (Å²) in [6.07, 6.45) is 5.57. The number of carbonyl (C=O) groups excluding carboxylic acids is 1. The smallest absolute Gasteiger partial charge is 0.256 e. The van der Waals surface area contributed by atoms with Crippen molar-refractivity contribution in [1.29, 1.82) is 0 Å². The Morgan fingerprint density at radius 1 is 1.50 bits per heavy atom. The third kappa shape index (κ3) is 4.18. The summed E-state index contributed by atoms with van der Waals surface area (Å²) in [4.78, 5) is 11.8. The molecule has 0 unspecified atom stereocenters. The van der Waals surface area contributed by atoms with E-state index in [1.165, 1.54) is 4.90 Å². The van der Waals surface area contributed by atoms with E-state index in [0.29, 0.717) is 13.2 Å². The number of nitrogens with zero attached hydrogens (tertiary/aromatic N) is 1. The number of terminal acetylenes is 1. The summed E-state index contributed by atoms with van der Waals surface area (Å²) in [6, 6.07) is 0. The van der Waals surface area contributed by atoms with E-state index >= 15 is 0 Å². The van der Waals surface area contributed by atoms with Crippen molar-refractivity contribution in [3.63, 3.8) is 0 Å². The molecule has 0 aromatic carbocycles. The van der Waals surface area contributed by atoms with Gasteiger partial charge in [-0.25, -0.2) is 0 Å². The summed E-state index contributed by atoms with van der Waals surface area (Å²) >= 11 is 11.0. The normalized spacial score (nSPS) is 17.1. The fraction of sp³-hybridized carbons (Fsp3) is 0.700. The molecule has 0 aromatic rings. The number of carbonyl (C=O) groups is 1. The second kappa shape index (κ2) is 6.97. The highest BCUT2D eigenvalue weighted by atomic mass is 35.5. The Morgan fingerprint density at radius 2 is 2.12 bits per heavy atom. The van der Waals surface area contributed by atoms with Crippen LogP contribution in [0, 0.1) is 12.3 Å². The standard InChI is InChI=1S/C10H13Cl2NO3/c1-2-4-13(10(14)9(11)12)7-8-15-5-3-6-16-8/h1,8-9H,3-7H2. The van der Waals surface area contributed by atoms with Crippen LogP contribution in [0.15, 0.2) is 0 Å². The molecule has 0 aliphatic carbocycles. The first kappa shape index (κ1) is 13.6. The predicted molar refractivity (Wildman–Crippen MR) is 61.2 cm³/mol. The quantitative estimate of drug-likeness (QED) is 0.563. The molecule has 16 heavy (non-hydrogen) atoms. The molecule has 0 saturated carbocycles. The number of amides is 1. The molecule has 0 aromatic heterocycles. The summed E-state index contributed by atoms with van der Waals surface area (Å²) in [7, 11) is 0. The molecule has 90 valence electrons. The van der Waals surface area contributed by atoms with E-state index in [2.05, 4.69) is 5.92 Å². The van der Waals surface area contributed by atoms with Gasteiger partial charge in [-0.3, -0.25) is 4.79 Å². The second-order valence-corrected chi connectivity index (χ2v) is 4.34. The lowest BCUT2D eigenvalue weighted by atomic mass is 10.4. The first-order valence-corrected chi connectivity index (χ1v) is 5.76. The number of halogens is 2. The topological polar surface area (TPSA) is 38.8 Å². The molecule has 0 atom stereocenters. The summed E-state index contributed by atoms with van der Waals surface area (Å²) in [5, 5.41) is 0. The van der Waals surface area contributed by atoms with Crippen molar-refractivity contribution in [2.75, 3.05) is 26.3 Å². The van der Waals surface area contributed by atoms with E-state index in [0.717, 1.165) is 6.42 Å². The second-order valence-electron chi connectivity index (χ2n) is 3.25. The fourth-order valence-electron chi connectivity index (χ4n) is 1.30. The Kier molecular flexibility index (Phi) is 5.93. The monoisotopic (exact) mass is 265 g/mol. The van der Waals surface area contributed by atoms with E-state index in [-0.39, 0.29) is 13.1 Å². The predicted octanol–water partition coefficient (Wildman–Crippen LogP) is 1.01. The number of rotatable bonds is 4. The van der Waals surface area contributed by atoms with Gasteiger partial charge in [-0.2, -0.15) is 0 Å². The van der Waals surface area contributed by atoms with Crippen molar-refractivity contribution in [3.05, 3.63) is 0 Å². The third-order valence-corrected chi connectivity index (χ3v) is 2.42. The molecule has 0 spiro atoms. The van der Waals surface area contributed by atoms with Crippen LogP contribution >= 0.6 is 23.2 Å². The maximum absolute atomic E-state index is 11.6. The lowest BCUT2D eigenvalue weighted by Crippen LogP contribution is -2.43. The van der Waals surface area contributed by atoms with Gasteiger partial charge in [0, 0.05) is 0 Å². The van der Waals surface area contributed by atoms with Crippen molar-refractivity contribution in [2.45, 2.75) is 17.5 Å². The van der Waals surface area contributed by atoms with Crippen LogP contribution in [0.4, 0.5) is 0 Å². The fourth-order valence-corrected chi connectivity index (χ4v) is 1.58. The third-order valence-electron chi connectivity index (χ3n) is 2.05. The molecule has 0 radical (unpaired) electrons. The van der Waals surface area contributed by atoms with Gasteiger partial charge < -0.3 is 14.4 Å². The van der Waals surface area contributed by atoms with Gasteiger partial charge in [0.1, 0.15) is 0 Å². The molecule has 1 amide bonds. The highest BCUT2D eigenvalue weighted by molar-refractivity contribution is 6.53. The van der Waals surface area contributed by atoms with Crippen LogP contribution in [0.2, 0.25) is 0 Å². The summed E-state index contributed by atoms with van der Waals surface area (Å²) in [6.45, 7) is 1.62. The van der Waals surface area contributed by atoms with Crippen molar-refractivity contribution in [1.82, 2.24) is 4.90 Å². The molecule has 0 bridgehead atoms. The maximum Gasteiger partial charge on any atom is 0.256 e. The van der Waals surface area contributed by atoms with Gasteiger partial charge in [-0.1, -0.05) is 29.1 Å². The molecule has 0 N–H and O–H groups in total. The van der Waals surface area contributed by atoms with E-state index in [9.17, 15) is 4.79 Å². The van der Waals surface area contributed by atoms with Gasteiger partial charge in [0.05, 0.1) is 26.3 Å². The Bertz CT molecular complexity index is 272. The Hall–Kier alpha value is -0.470. The largest absolute Gasteiger partial charge is 0.351 e. The number of alkyl halides is 2. The molecular formula is C10H13Cl2NO3. The molecule has 4 nitrogen and oxygen atoms in total. The van der Waals surface area contributed by atoms with Gasteiger partial charge in [0.15, 0.2) is 11.1 Å². The molecule has 1 saturated heterocycles. The van der Waals surface area contributed by atoms with Crippen LogP contribution in [0.25, 0.3) is 0 Å². The number of hydrogen-bond acceptors (Lipinski definition) is 3. The maximum atomic E-state index is 11.6. The first-order valence-electron chi connectivity index (χ1n) is 4.88. The van der Waals surface area contributed by atoms with Crippen LogP contribution in [0.5, 0.6) is 0 Å². The van der Waals surface area contributed by atoms with Crippen molar-refractivity contribution < 1.29 is 14.3 Å². The minimum absolute atomic E-state index is 0.137. The number of hydrogen-bond donors (Lipinski definition) is 0. The van der Waals surface area contributed by atoms with Gasteiger partial charge in [0.25, 0.3) is 5.91 Å². The van der Waals surface area contributed by atoms with E-state index < -0.39 is 17.0 Å². The summed E-state index contributed by atoms with van der Waals surface area (Å²) in [5.74, 6) is 1.94. The van der Waals surface area contributed by atoms with Gasteiger partial charge in [-0.05, 0) is 6.42 Å². The van der Waals surface area contributed by atoms with Crippen LogP contribution in [0.3, 0.4) is 0 Å². The van der Waals surface area contributed by atoms with Crippen LogP contribution in [0.1, 0.15) is 6.42 Å². The van der Waals surface area contributed by atoms with Crippen LogP contribution in [-0.4, -0.2) is 48.2 Å². The molecule has 1 heterocycles. The van der Waals surface area contributed by atoms with E-state index in [4.69, 9.17) is 39.1 Å². The van der Waals surface area contributed by atoms with Crippen LogP contribution < -0.4 is 0 Å². The molecule has 1 fully saturated rings. The number of ether oxygens (including phenoxy) is 2. The zero-order valence-electron chi connectivity index (χ0n) is 8.70. The average molecular weight is 266 g/mol. The van der Waals surface area contributed by atoms with Crippen molar-refractivity contribution in [3.8, 4) is 12.3 Å². The van der Waals surface area contributed by atoms with E-state index in [1.54, 1.807) is 0 Å². The highest BCUT2D eigenvalue weighted by Crippen LogP contribution is 2.11. The Morgan fingerprint density at radius 3 is 2.62 bits per heavy atom. The SMILES string of the molecule is C#CCN(CC1OCCCO1)C(=O)C(Cl)Cl. The first-order chi connectivity index (χ1) is 7.65. The van der Waals surface area contributed by atoms with Crippen molar-refractivity contribution in [2.24, 2.45) is 0 Å². The molecule has 1 aliphatic heterocycles. The Labute approximate surface area is 105 Å². The van der Waals surface area contributed by atoms with Gasteiger partial charge >= 0.3 is 0 Å². The lowest BCUT2D eigenvalue weighted by Gasteiger charge is -2.29. The minimum atomic E-state index is -1.11. The average Bonchev–Trinajstić information content (AvgIpc) is 2.29. The molecule has 1 rings (SSSR count). The molecule has 6 heteroatoms. The van der Waals surface area contributed by atoms with Crippen LogP contribution in [-0.2, 0) is 14.3 Å². The van der Waals surface area contributed by atoms with Gasteiger partial charge in [0.2, 0.25) is 0 Å². The minimum Gasteiger partial charge on any atom is -0.351 e.